The van der Waals surface area contributed by atoms with Crippen molar-refractivity contribution in [3.05, 3.63) is 28.2 Å². The molecule has 0 saturated heterocycles. The van der Waals surface area contributed by atoms with Gasteiger partial charge < -0.3 is 5.32 Å². The van der Waals surface area contributed by atoms with Crippen molar-refractivity contribution in [2.24, 2.45) is 0 Å². The van der Waals surface area contributed by atoms with Gasteiger partial charge in [0.05, 0.1) is 10.0 Å². The Bertz CT molecular complexity index is 313. The van der Waals surface area contributed by atoms with E-state index in [1.54, 1.807) is 11.8 Å². The van der Waals surface area contributed by atoms with Gasteiger partial charge in [-0.05, 0) is 31.7 Å². The monoisotopic (exact) mass is 263 g/mol. The van der Waals surface area contributed by atoms with Gasteiger partial charge in [0.25, 0.3) is 0 Å². The molecule has 0 saturated carbocycles. The molecule has 0 aliphatic rings. The van der Waals surface area contributed by atoms with Gasteiger partial charge in [0.1, 0.15) is 0 Å². The molecule has 0 fully saturated rings. The van der Waals surface area contributed by atoms with Crippen LogP contribution in [0.4, 0.5) is 0 Å². The molecule has 0 heterocycles. The van der Waals surface area contributed by atoms with E-state index in [9.17, 15) is 0 Å². The molecule has 0 radical (unpaired) electrons. The number of rotatable bonds is 5. The number of benzene rings is 1. The Balaban J connectivity index is 2.54. The molecule has 1 rings (SSSR count). The smallest absolute Gasteiger partial charge is 0.0603 e. The summed E-state index contributed by atoms with van der Waals surface area (Å²) in [5, 5.41) is 4.50. The van der Waals surface area contributed by atoms with E-state index in [0.29, 0.717) is 16.1 Å². The lowest BCUT2D eigenvalue weighted by atomic mass is 10.3. The number of halogens is 2. The summed E-state index contributed by atoms with van der Waals surface area (Å²) in [6, 6.07) is 6.30. The van der Waals surface area contributed by atoms with Crippen molar-refractivity contribution >= 4 is 35.0 Å². The van der Waals surface area contributed by atoms with Crippen LogP contribution in [-0.2, 0) is 0 Å². The van der Waals surface area contributed by atoms with Gasteiger partial charge in [-0.3, -0.25) is 0 Å². The number of nitrogens with one attached hydrogen (secondary N) is 1. The molecular weight excluding hydrogens is 249 g/mol. The minimum Gasteiger partial charge on any atom is -0.316 e. The van der Waals surface area contributed by atoms with Crippen molar-refractivity contribution in [1.29, 1.82) is 0 Å². The zero-order chi connectivity index (χ0) is 11.3. The van der Waals surface area contributed by atoms with Gasteiger partial charge in [-0.25, -0.2) is 0 Å². The molecule has 1 aromatic rings. The molecule has 84 valence electrons. The van der Waals surface area contributed by atoms with Crippen molar-refractivity contribution in [2.45, 2.75) is 24.3 Å². The summed E-state index contributed by atoms with van der Waals surface area (Å²) in [6.07, 6.45) is 1.13. The summed E-state index contributed by atoms with van der Waals surface area (Å²) in [5.41, 5.74) is 0. The van der Waals surface area contributed by atoms with E-state index in [1.807, 2.05) is 25.2 Å². The minimum atomic E-state index is 0.546. The van der Waals surface area contributed by atoms with Crippen LogP contribution in [0.1, 0.15) is 13.3 Å². The molecular formula is C11H15Cl2NS. The molecule has 15 heavy (non-hydrogen) atoms. The third-order valence-electron chi connectivity index (χ3n) is 2.24. The van der Waals surface area contributed by atoms with E-state index in [-0.39, 0.29) is 0 Å². The largest absolute Gasteiger partial charge is 0.316 e. The van der Waals surface area contributed by atoms with Gasteiger partial charge in [-0.15, -0.1) is 11.8 Å². The van der Waals surface area contributed by atoms with E-state index in [2.05, 4.69) is 12.2 Å². The fourth-order valence-electron chi connectivity index (χ4n) is 1.17. The number of hydrogen-bond acceptors (Lipinski definition) is 2. The zero-order valence-corrected chi connectivity index (χ0v) is 11.2. The van der Waals surface area contributed by atoms with Gasteiger partial charge in [0, 0.05) is 16.7 Å². The molecule has 1 nitrogen and oxygen atoms in total. The van der Waals surface area contributed by atoms with E-state index < -0.39 is 0 Å². The highest BCUT2D eigenvalue weighted by Crippen LogP contribution is 2.28. The van der Waals surface area contributed by atoms with Gasteiger partial charge in [-0.2, -0.15) is 0 Å². The van der Waals surface area contributed by atoms with Crippen LogP contribution < -0.4 is 5.32 Å². The van der Waals surface area contributed by atoms with Crippen LogP contribution >= 0.6 is 35.0 Å². The molecule has 1 atom stereocenters. The van der Waals surface area contributed by atoms with Crippen LogP contribution in [0.3, 0.4) is 0 Å². The predicted octanol–water partition coefficient (Wildman–Crippen LogP) is 4.08. The second kappa shape index (κ2) is 6.64. The highest BCUT2D eigenvalue weighted by molar-refractivity contribution is 7.99. The predicted molar refractivity (Wildman–Crippen MR) is 70.3 cm³/mol. The zero-order valence-electron chi connectivity index (χ0n) is 8.89. The third kappa shape index (κ3) is 4.23. The van der Waals surface area contributed by atoms with Crippen LogP contribution in [0.2, 0.25) is 10.0 Å². The third-order valence-corrected chi connectivity index (χ3v) is 4.14. The Kier molecular flexibility index (Phi) is 5.83. The van der Waals surface area contributed by atoms with Crippen molar-refractivity contribution in [3.8, 4) is 0 Å². The first-order chi connectivity index (χ1) is 7.17. The Hall–Kier alpha value is 0.110. The molecule has 1 unspecified atom stereocenters. The summed E-state index contributed by atoms with van der Waals surface area (Å²) >= 11 is 13.6. The quantitative estimate of drug-likeness (QED) is 0.804. The summed E-state index contributed by atoms with van der Waals surface area (Å²) in [5.74, 6) is 1.05. The molecule has 4 heteroatoms. The SMILES string of the molecule is CCC(CSc1ccc(Cl)c(Cl)c1)NC. The van der Waals surface area contributed by atoms with Crippen molar-refractivity contribution in [3.63, 3.8) is 0 Å². The van der Waals surface area contributed by atoms with E-state index in [0.717, 1.165) is 17.1 Å². The Morgan fingerprint density at radius 2 is 2.07 bits per heavy atom. The summed E-state index contributed by atoms with van der Waals surface area (Å²) < 4.78 is 0. The highest BCUT2D eigenvalue weighted by atomic mass is 35.5. The molecule has 0 spiro atoms. The van der Waals surface area contributed by atoms with Gasteiger partial charge >= 0.3 is 0 Å². The van der Waals surface area contributed by atoms with Gasteiger partial charge in [-0.1, -0.05) is 30.1 Å². The maximum atomic E-state index is 5.94. The average molecular weight is 264 g/mol. The highest BCUT2D eigenvalue weighted by Gasteiger charge is 2.05. The second-order valence-electron chi connectivity index (χ2n) is 3.28. The lowest BCUT2D eigenvalue weighted by Crippen LogP contribution is -2.26. The molecule has 1 aromatic carbocycles. The van der Waals surface area contributed by atoms with Gasteiger partial charge in [0.2, 0.25) is 0 Å². The Labute approximate surface area is 106 Å². The normalized spacial score (nSPS) is 12.8. The topological polar surface area (TPSA) is 12.0 Å². The molecule has 0 amide bonds. The van der Waals surface area contributed by atoms with Crippen LogP contribution in [-0.4, -0.2) is 18.8 Å². The Morgan fingerprint density at radius 1 is 1.33 bits per heavy atom. The van der Waals surface area contributed by atoms with E-state index in [1.165, 1.54) is 0 Å². The molecule has 0 bridgehead atoms. The first kappa shape index (κ1) is 13.2. The Morgan fingerprint density at radius 3 is 2.60 bits per heavy atom. The van der Waals surface area contributed by atoms with Crippen molar-refractivity contribution in [1.82, 2.24) is 5.32 Å². The summed E-state index contributed by atoms with van der Waals surface area (Å²) in [4.78, 5) is 1.16. The van der Waals surface area contributed by atoms with Crippen LogP contribution in [0.5, 0.6) is 0 Å². The standard InChI is InChI=1S/C11H15Cl2NS/c1-3-8(14-2)7-15-9-4-5-10(12)11(13)6-9/h4-6,8,14H,3,7H2,1-2H3. The second-order valence-corrected chi connectivity index (χ2v) is 5.19. The lowest BCUT2D eigenvalue weighted by Gasteiger charge is -2.13. The first-order valence-electron chi connectivity index (χ1n) is 4.92. The van der Waals surface area contributed by atoms with Crippen LogP contribution in [0, 0.1) is 0 Å². The van der Waals surface area contributed by atoms with Crippen LogP contribution in [0.25, 0.3) is 0 Å². The van der Waals surface area contributed by atoms with E-state index in [4.69, 9.17) is 23.2 Å². The molecule has 0 aromatic heterocycles. The molecule has 0 aliphatic carbocycles. The first-order valence-corrected chi connectivity index (χ1v) is 6.66. The summed E-state index contributed by atoms with van der Waals surface area (Å²) in [6.45, 7) is 2.18. The maximum absolute atomic E-state index is 5.94. The van der Waals surface area contributed by atoms with Crippen molar-refractivity contribution in [2.75, 3.05) is 12.8 Å². The number of thioether (sulfide) groups is 1. The fourth-order valence-corrected chi connectivity index (χ4v) is 2.69. The van der Waals surface area contributed by atoms with Gasteiger partial charge in [0.15, 0.2) is 0 Å². The van der Waals surface area contributed by atoms with E-state index >= 15 is 0 Å². The minimum absolute atomic E-state index is 0.546. The summed E-state index contributed by atoms with van der Waals surface area (Å²) in [7, 11) is 1.99. The fraction of sp³-hybridized carbons (Fsp3) is 0.455. The number of hydrogen-bond donors (Lipinski definition) is 1. The maximum Gasteiger partial charge on any atom is 0.0603 e. The van der Waals surface area contributed by atoms with Crippen molar-refractivity contribution < 1.29 is 0 Å². The molecule has 0 aliphatic heterocycles. The molecule has 1 N–H and O–H groups in total. The lowest BCUT2D eigenvalue weighted by molar-refractivity contribution is 0.602. The van der Waals surface area contributed by atoms with Crippen LogP contribution in [0.15, 0.2) is 23.1 Å². The average Bonchev–Trinajstić information content (AvgIpc) is 2.24.